The molecule has 158 valence electrons. The molecule has 0 aromatic heterocycles. The van der Waals surface area contributed by atoms with Crippen LogP contribution in [0.1, 0.15) is 27.7 Å². The van der Waals surface area contributed by atoms with E-state index >= 15 is 0 Å². The zero-order valence-electron chi connectivity index (χ0n) is 17.9. The van der Waals surface area contributed by atoms with E-state index in [1.807, 2.05) is 59.5 Å². The summed E-state index contributed by atoms with van der Waals surface area (Å²) >= 11 is 1.72. The highest BCUT2D eigenvalue weighted by molar-refractivity contribution is 7.98. The van der Waals surface area contributed by atoms with E-state index < -0.39 is 0 Å². The normalized spacial score (nSPS) is 15.5. The van der Waals surface area contributed by atoms with Crippen molar-refractivity contribution in [1.29, 1.82) is 0 Å². The number of carbonyl (C=O) groups is 1. The Balaban J connectivity index is 1.71. The van der Waals surface area contributed by atoms with Crippen molar-refractivity contribution in [2.45, 2.75) is 17.6 Å². The monoisotopic (exact) mass is 436 g/mol. The molecule has 4 aromatic carbocycles. The van der Waals surface area contributed by atoms with Gasteiger partial charge in [-0.2, -0.15) is 0 Å². The van der Waals surface area contributed by atoms with Crippen LogP contribution in [0.5, 0.6) is 0 Å². The summed E-state index contributed by atoms with van der Waals surface area (Å²) in [6.45, 7) is 0.698. The third-order valence-corrected chi connectivity index (χ3v) is 6.59. The summed E-state index contributed by atoms with van der Waals surface area (Å²) in [5.41, 5.74) is 4.88. The lowest BCUT2D eigenvalue weighted by molar-refractivity contribution is 0.0968. The van der Waals surface area contributed by atoms with Gasteiger partial charge in [0.05, 0.1) is 11.3 Å². The number of amides is 1. The molecule has 0 spiro atoms. The summed E-state index contributed by atoms with van der Waals surface area (Å²) in [5.74, 6) is 0.0232. The standard InChI is InChI=1S/C28H24N2OS/c1-32-24-18-16-22(17-19-24)27-29(20-21-10-4-2-5-11-21)26-15-9-8-14-25(26)28(31)30(27)23-12-6-3-7-13-23/h2-19,27H,20H2,1H3/t27-/m1/s1. The SMILES string of the molecule is CSc1ccc([C@@H]2N(Cc3ccccc3)c3ccccc3C(=O)N2c2ccccc2)cc1. The zero-order chi connectivity index (χ0) is 21.9. The molecule has 3 nitrogen and oxygen atoms in total. The van der Waals surface area contributed by atoms with Crippen LogP contribution in [-0.2, 0) is 6.54 Å². The maximum absolute atomic E-state index is 13.8. The number of hydrogen-bond acceptors (Lipinski definition) is 3. The predicted octanol–water partition coefficient (Wildman–Crippen LogP) is 6.77. The molecule has 1 amide bonds. The minimum atomic E-state index is -0.254. The number of fused-ring (bicyclic) bond motifs is 1. The lowest BCUT2D eigenvalue weighted by Gasteiger charge is -2.46. The van der Waals surface area contributed by atoms with Crippen molar-refractivity contribution < 1.29 is 4.79 Å². The van der Waals surface area contributed by atoms with Crippen molar-refractivity contribution in [2.75, 3.05) is 16.1 Å². The average molecular weight is 437 g/mol. The molecule has 32 heavy (non-hydrogen) atoms. The molecule has 1 atom stereocenters. The molecular weight excluding hydrogens is 412 g/mol. The van der Waals surface area contributed by atoms with Crippen LogP contribution in [0.4, 0.5) is 11.4 Å². The quantitative estimate of drug-likeness (QED) is 0.322. The predicted molar refractivity (Wildman–Crippen MR) is 133 cm³/mol. The van der Waals surface area contributed by atoms with E-state index in [1.54, 1.807) is 11.8 Å². The summed E-state index contributed by atoms with van der Waals surface area (Å²) in [6.07, 6.45) is 1.82. The van der Waals surface area contributed by atoms with E-state index in [9.17, 15) is 4.79 Å². The lowest BCUT2D eigenvalue weighted by Crippen LogP contribution is -2.49. The second-order valence-electron chi connectivity index (χ2n) is 7.79. The van der Waals surface area contributed by atoms with Gasteiger partial charge in [-0.25, -0.2) is 0 Å². The van der Waals surface area contributed by atoms with Gasteiger partial charge in [-0.15, -0.1) is 11.8 Å². The van der Waals surface area contributed by atoms with Gasteiger partial charge in [-0.1, -0.05) is 72.8 Å². The molecule has 0 bridgehead atoms. The zero-order valence-corrected chi connectivity index (χ0v) is 18.7. The molecule has 0 saturated carbocycles. The molecular formula is C28H24N2OS. The van der Waals surface area contributed by atoms with Crippen LogP contribution in [-0.4, -0.2) is 12.2 Å². The fraction of sp³-hybridized carbons (Fsp3) is 0.107. The Kier molecular flexibility index (Phi) is 5.70. The summed E-state index contributed by atoms with van der Waals surface area (Å²) in [7, 11) is 0. The summed E-state index contributed by atoms with van der Waals surface area (Å²) < 4.78 is 0. The highest BCUT2D eigenvalue weighted by Gasteiger charge is 2.39. The second kappa shape index (κ2) is 8.93. The van der Waals surface area contributed by atoms with Gasteiger partial charge < -0.3 is 4.90 Å². The van der Waals surface area contributed by atoms with Crippen molar-refractivity contribution in [3.8, 4) is 0 Å². The van der Waals surface area contributed by atoms with E-state index in [0.29, 0.717) is 6.54 Å². The molecule has 4 heteroatoms. The Hall–Kier alpha value is -3.50. The smallest absolute Gasteiger partial charge is 0.262 e. The molecule has 0 fully saturated rings. The van der Waals surface area contributed by atoms with Crippen molar-refractivity contribution in [3.05, 3.63) is 126 Å². The van der Waals surface area contributed by atoms with Crippen LogP contribution in [0, 0.1) is 0 Å². The number of carbonyl (C=O) groups excluding carboxylic acids is 1. The number of thioether (sulfide) groups is 1. The molecule has 1 aliphatic heterocycles. The largest absolute Gasteiger partial charge is 0.342 e. The van der Waals surface area contributed by atoms with Crippen LogP contribution in [0.25, 0.3) is 0 Å². The summed E-state index contributed by atoms with van der Waals surface area (Å²) in [5, 5.41) is 0. The van der Waals surface area contributed by atoms with Gasteiger partial charge in [-0.05, 0) is 53.8 Å². The Morgan fingerprint density at radius 2 is 1.38 bits per heavy atom. The van der Waals surface area contributed by atoms with Crippen LogP contribution >= 0.6 is 11.8 Å². The van der Waals surface area contributed by atoms with Crippen molar-refractivity contribution in [3.63, 3.8) is 0 Å². The number of hydrogen-bond donors (Lipinski definition) is 0. The molecule has 5 rings (SSSR count). The molecule has 0 N–H and O–H groups in total. The van der Waals surface area contributed by atoms with E-state index in [0.717, 1.165) is 22.5 Å². The van der Waals surface area contributed by atoms with Gasteiger partial charge in [0.25, 0.3) is 5.91 Å². The van der Waals surface area contributed by atoms with Crippen LogP contribution in [0.2, 0.25) is 0 Å². The maximum Gasteiger partial charge on any atom is 0.262 e. The van der Waals surface area contributed by atoms with Gasteiger partial charge in [0.2, 0.25) is 0 Å². The summed E-state index contributed by atoms with van der Waals surface area (Å²) in [4.78, 5) is 19.3. The number of anilines is 2. The van der Waals surface area contributed by atoms with Crippen molar-refractivity contribution in [2.24, 2.45) is 0 Å². The molecule has 4 aromatic rings. The van der Waals surface area contributed by atoms with E-state index in [1.165, 1.54) is 10.5 Å². The van der Waals surface area contributed by atoms with Crippen molar-refractivity contribution in [1.82, 2.24) is 0 Å². The Labute approximate surface area is 193 Å². The second-order valence-corrected chi connectivity index (χ2v) is 8.67. The first kappa shape index (κ1) is 20.4. The van der Waals surface area contributed by atoms with Crippen LogP contribution in [0.15, 0.2) is 114 Å². The van der Waals surface area contributed by atoms with Gasteiger partial charge in [0.1, 0.15) is 6.17 Å². The van der Waals surface area contributed by atoms with Crippen LogP contribution < -0.4 is 9.80 Å². The van der Waals surface area contributed by atoms with Crippen molar-refractivity contribution >= 4 is 29.0 Å². The van der Waals surface area contributed by atoms with Gasteiger partial charge in [-0.3, -0.25) is 9.69 Å². The fourth-order valence-electron chi connectivity index (χ4n) is 4.32. The van der Waals surface area contributed by atoms with Gasteiger partial charge in [0, 0.05) is 17.1 Å². The summed E-state index contributed by atoms with van der Waals surface area (Å²) in [6, 6.07) is 36.9. The fourth-order valence-corrected chi connectivity index (χ4v) is 4.73. The maximum atomic E-state index is 13.8. The lowest BCUT2D eigenvalue weighted by atomic mass is 9.99. The minimum Gasteiger partial charge on any atom is -0.342 e. The first-order chi connectivity index (χ1) is 15.8. The topological polar surface area (TPSA) is 23.6 Å². The first-order valence-corrected chi connectivity index (χ1v) is 11.9. The van der Waals surface area contributed by atoms with E-state index in [-0.39, 0.29) is 12.1 Å². The van der Waals surface area contributed by atoms with Crippen LogP contribution in [0.3, 0.4) is 0 Å². The molecule has 0 saturated heterocycles. The number of benzene rings is 4. The number of nitrogens with zero attached hydrogens (tertiary/aromatic N) is 2. The number of para-hydroxylation sites is 2. The molecule has 0 aliphatic carbocycles. The van der Waals surface area contributed by atoms with Gasteiger partial charge >= 0.3 is 0 Å². The third-order valence-electron chi connectivity index (χ3n) is 5.85. The highest BCUT2D eigenvalue weighted by Crippen LogP contribution is 2.42. The molecule has 1 aliphatic rings. The average Bonchev–Trinajstić information content (AvgIpc) is 2.87. The van der Waals surface area contributed by atoms with Gasteiger partial charge in [0.15, 0.2) is 0 Å². The molecule has 1 heterocycles. The van der Waals surface area contributed by atoms with E-state index in [2.05, 4.69) is 65.8 Å². The highest BCUT2D eigenvalue weighted by atomic mass is 32.2. The minimum absolute atomic E-state index is 0.0232. The molecule has 0 radical (unpaired) electrons. The van der Waals surface area contributed by atoms with E-state index in [4.69, 9.17) is 0 Å². The Bertz CT molecular complexity index is 1210. The molecule has 0 unspecified atom stereocenters. The Morgan fingerprint density at radius 3 is 2.06 bits per heavy atom. The third kappa shape index (κ3) is 3.78. The first-order valence-electron chi connectivity index (χ1n) is 10.7. The Morgan fingerprint density at radius 1 is 0.750 bits per heavy atom. The number of rotatable bonds is 5.